The molecule has 0 spiro atoms. The normalized spacial score (nSPS) is 11.2. The Bertz CT molecular complexity index is 972. The van der Waals surface area contributed by atoms with Crippen molar-refractivity contribution in [2.75, 3.05) is 5.73 Å². The van der Waals surface area contributed by atoms with Crippen molar-refractivity contribution in [2.45, 2.75) is 13.5 Å². The molecule has 0 aliphatic carbocycles. The molecule has 4 aromatic rings. The van der Waals surface area contributed by atoms with Crippen molar-refractivity contribution in [3.8, 4) is 11.5 Å². The van der Waals surface area contributed by atoms with E-state index in [4.69, 9.17) is 10.2 Å². The number of fused-ring (bicyclic) bond motifs is 1. The number of hydrogen-bond donors (Lipinski definition) is 1. The van der Waals surface area contributed by atoms with E-state index in [9.17, 15) is 0 Å². The van der Waals surface area contributed by atoms with Gasteiger partial charge in [-0.15, -0.1) is 0 Å². The van der Waals surface area contributed by atoms with Crippen LogP contribution in [0.15, 0.2) is 53.3 Å². The highest BCUT2D eigenvalue weighted by molar-refractivity contribution is 5.89. The summed E-state index contributed by atoms with van der Waals surface area (Å²) < 4.78 is 7.28. The van der Waals surface area contributed by atoms with E-state index in [1.54, 1.807) is 12.5 Å². The fourth-order valence-electron chi connectivity index (χ4n) is 2.64. The summed E-state index contributed by atoms with van der Waals surface area (Å²) in [7, 11) is 0. The van der Waals surface area contributed by atoms with Crippen molar-refractivity contribution in [3.05, 3.63) is 60.0 Å². The summed E-state index contributed by atoms with van der Waals surface area (Å²) >= 11 is 0. The summed E-state index contributed by atoms with van der Waals surface area (Å²) in [6, 6.07) is 11.9. The van der Waals surface area contributed by atoms with Gasteiger partial charge in [-0.1, -0.05) is 24.3 Å². The minimum Gasteiger partial charge on any atom is -0.463 e. The predicted molar refractivity (Wildman–Crippen MR) is 87.7 cm³/mol. The molecule has 6 nitrogen and oxygen atoms in total. The van der Waals surface area contributed by atoms with E-state index >= 15 is 0 Å². The number of aromatic nitrogens is 4. The molecule has 0 saturated heterocycles. The lowest BCUT2D eigenvalue weighted by Gasteiger charge is -2.07. The second-order valence-corrected chi connectivity index (χ2v) is 5.37. The molecule has 0 amide bonds. The molecule has 0 radical (unpaired) electrons. The molecule has 0 bridgehead atoms. The molecule has 3 heterocycles. The Morgan fingerprint density at radius 2 is 2.00 bits per heavy atom. The van der Waals surface area contributed by atoms with Crippen LogP contribution in [0.25, 0.3) is 22.5 Å². The molecule has 6 heteroatoms. The van der Waals surface area contributed by atoms with Gasteiger partial charge in [0.15, 0.2) is 11.4 Å². The zero-order chi connectivity index (χ0) is 15.8. The van der Waals surface area contributed by atoms with Gasteiger partial charge in [0.1, 0.15) is 5.69 Å². The van der Waals surface area contributed by atoms with Crippen LogP contribution in [0.4, 0.5) is 5.95 Å². The van der Waals surface area contributed by atoms with Crippen molar-refractivity contribution in [3.63, 3.8) is 0 Å². The van der Waals surface area contributed by atoms with E-state index in [1.807, 2.05) is 28.9 Å². The molecule has 4 rings (SSSR count). The maximum atomic E-state index is 5.88. The number of furan rings is 1. The minimum atomic E-state index is 0.204. The first kappa shape index (κ1) is 13.5. The van der Waals surface area contributed by atoms with Gasteiger partial charge >= 0.3 is 0 Å². The Hall–Kier alpha value is -3.15. The van der Waals surface area contributed by atoms with Crippen LogP contribution in [0.5, 0.6) is 0 Å². The lowest BCUT2D eigenvalue weighted by molar-refractivity contribution is 0.580. The first-order chi connectivity index (χ1) is 11.2. The molecule has 2 N–H and O–H groups in total. The van der Waals surface area contributed by atoms with Crippen LogP contribution in [0.1, 0.15) is 11.1 Å². The smallest absolute Gasteiger partial charge is 0.222 e. The van der Waals surface area contributed by atoms with Gasteiger partial charge in [0.05, 0.1) is 24.4 Å². The maximum Gasteiger partial charge on any atom is 0.222 e. The lowest BCUT2D eigenvalue weighted by Crippen LogP contribution is -2.06. The van der Waals surface area contributed by atoms with Gasteiger partial charge in [-0.2, -0.15) is 10.1 Å². The number of nitrogen functional groups attached to an aromatic ring is 1. The zero-order valence-electron chi connectivity index (χ0n) is 12.6. The van der Waals surface area contributed by atoms with Crippen molar-refractivity contribution >= 4 is 17.0 Å². The fourth-order valence-corrected chi connectivity index (χ4v) is 2.64. The average molecular weight is 305 g/mol. The van der Waals surface area contributed by atoms with Gasteiger partial charge < -0.3 is 10.2 Å². The molecule has 0 saturated carbocycles. The van der Waals surface area contributed by atoms with Gasteiger partial charge in [-0.3, -0.25) is 0 Å². The SMILES string of the molecule is Cc1ccccc1Cn1ncc2c(-c3ccco3)nc(N)nc21. The summed E-state index contributed by atoms with van der Waals surface area (Å²) in [5.41, 5.74) is 9.64. The van der Waals surface area contributed by atoms with Crippen molar-refractivity contribution in [2.24, 2.45) is 0 Å². The van der Waals surface area contributed by atoms with E-state index in [0.717, 1.165) is 5.39 Å². The first-order valence-corrected chi connectivity index (χ1v) is 7.30. The Balaban J connectivity index is 1.85. The summed E-state index contributed by atoms with van der Waals surface area (Å²) in [5, 5.41) is 5.28. The van der Waals surface area contributed by atoms with Gasteiger partial charge in [-0.05, 0) is 30.2 Å². The van der Waals surface area contributed by atoms with Crippen LogP contribution >= 0.6 is 0 Å². The molecular weight excluding hydrogens is 290 g/mol. The van der Waals surface area contributed by atoms with E-state index in [1.165, 1.54) is 11.1 Å². The third kappa shape index (κ3) is 2.34. The molecule has 23 heavy (non-hydrogen) atoms. The van der Waals surface area contributed by atoms with Gasteiger partial charge in [0, 0.05) is 0 Å². The Labute approximate surface area is 132 Å². The molecule has 0 aliphatic heterocycles. The molecule has 0 aliphatic rings. The predicted octanol–water partition coefficient (Wildman–Crippen LogP) is 3.03. The third-order valence-corrected chi connectivity index (χ3v) is 3.85. The lowest BCUT2D eigenvalue weighted by atomic mass is 10.1. The standard InChI is InChI=1S/C17H15N5O/c1-11-5-2-3-6-12(11)10-22-16-13(9-19-22)15(20-17(18)21-16)14-7-4-8-23-14/h2-9H,10H2,1H3,(H2,18,20,21). The molecule has 1 aromatic carbocycles. The van der Waals surface area contributed by atoms with Crippen LogP contribution in [-0.2, 0) is 6.54 Å². The largest absolute Gasteiger partial charge is 0.463 e. The Morgan fingerprint density at radius 1 is 1.13 bits per heavy atom. The van der Waals surface area contributed by atoms with Crippen molar-refractivity contribution in [1.29, 1.82) is 0 Å². The Morgan fingerprint density at radius 3 is 2.78 bits per heavy atom. The summed E-state index contributed by atoms with van der Waals surface area (Å²) in [4.78, 5) is 8.66. The number of hydrogen-bond acceptors (Lipinski definition) is 5. The van der Waals surface area contributed by atoms with E-state index in [-0.39, 0.29) is 5.95 Å². The minimum absolute atomic E-state index is 0.204. The Kier molecular flexibility index (Phi) is 3.08. The molecule has 0 fully saturated rings. The van der Waals surface area contributed by atoms with Crippen LogP contribution in [0.2, 0.25) is 0 Å². The molecule has 0 atom stereocenters. The van der Waals surface area contributed by atoms with E-state index < -0.39 is 0 Å². The highest BCUT2D eigenvalue weighted by atomic mass is 16.3. The number of anilines is 1. The monoisotopic (exact) mass is 305 g/mol. The maximum absolute atomic E-state index is 5.88. The average Bonchev–Trinajstić information content (AvgIpc) is 3.19. The van der Waals surface area contributed by atoms with Crippen LogP contribution in [0.3, 0.4) is 0 Å². The number of nitrogens with zero attached hydrogens (tertiary/aromatic N) is 4. The number of nitrogens with two attached hydrogens (primary N) is 1. The van der Waals surface area contributed by atoms with E-state index in [0.29, 0.717) is 23.6 Å². The summed E-state index contributed by atoms with van der Waals surface area (Å²) in [5.74, 6) is 0.856. The van der Waals surface area contributed by atoms with Crippen molar-refractivity contribution < 1.29 is 4.42 Å². The van der Waals surface area contributed by atoms with Crippen molar-refractivity contribution in [1.82, 2.24) is 19.7 Å². The summed E-state index contributed by atoms with van der Waals surface area (Å²) in [6.07, 6.45) is 3.36. The number of aryl methyl sites for hydroxylation is 1. The summed E-state index contributed by atoms with van der Waals surface area (Å²) in [6.45, 7) is 2.71. The van der Waals surface area contributed by atoms with Gasteiger partial charge in [0.25, 0.3) is 0 Å². The number of rotatable bonds is 3. The third-order valence-electron chi connectivity index (χ3n) is 3.85. The topological polar surface area (TPSA) is 82.8 Å². The van der Waals surface area contributed by atoms with Crippen LogP contribution in [-0.4, -0.2) is 19.7 Å². The quantitative estimate of drug-likeness (QED) is 0.629. The molecular formula is C17H15N5O. The van der Waals surface area contributed by atoms with Crippen LogP contribution in [0, 0.1) is 6.92 Å². The van der Waals surface area contributed by atoms with E-state index in [2.05, 4.69) is 34.1 Å². The molecule has 0 unspecified atom stereocenters. The highest BCUT2D eigenvalue weighted by Crippen LogP contribution is 2.27. The van der Waals surface area contributed by atoms with Gasteiger partial charge in [-0.25, -0.2) is 9.67 Å². The highest BCUT2D eigenvalue weighted by Gasteiger charge is 2.15. The number of benzene rings is 1. The zero-order valence-corrected chi connectivity index (χ0v) is 12.6. The second kappa shape index (κ2) is 5.24. The molecule has 114 valence electrons. The fraction of sp³-hybridized carbons (Fsp3) is 0.118. The van der Waals surface area contributed by atoms with Crippen LogP contribution < -0.4 is 5.73 Å². The second-order valence-electron chi connectivity index (χ2n) is 5.37. The first-order valence-electron chi connectivity index (χ1n) is 7.30. The van der Waals surface area contributed by atoms with Gasteiger partial charge in [0.2, 0.25) is 5.95 Å². The molecule has 3 aromatic heterocycles.